The fourth-order valence-electron chi connectivity index (χ4n) is 5.10. The first kappa shape index (κ1) is 20.5. The average molecular weight is 422 g/mol. The standard InChI is InChI=1S/C25H31N3O3/c29-21(17-28-12-9-19-5-1-2-6-20(19)16-28)15-26-14-18-7-8-23-22(13-18)27-24(30)25(31-23)10-3-4-11-25/h1-2,5-8,13,21,26,29H,3-4,9-12,14-17H2,(H,27,30)/t21-/m0/s1. The van der Waals surface area contributed by atoms with Crippen LogP contribution in [0.25, 0.3) is 0 Å². The number of nitrogens with zero attached hydrogens (tertiary/aromatic N) is 1. The van der Waals surface area contributed by atoms with Crippen molar-refractivity contribution in [1.82, 2.24) is 10.2 Å². The lowest BCUT2D eigenvalue weighted by atomic mass is 9.98. The van der Waals surface area contributed by atoms with E-state index in [-0.39, 0.29) is 5.91 Å². The highest BCUT2D eigenvalue weighted by Crippen LogP contribution is 2.42. The van der Waals surface area contributed by atoms with Crippen molar-refractivity contribution in [2.24, 2.45) is 0 Å². The summed E-state index contributed by atoms with van der Waals surface area (Å²) in [4.78, 5) is 14.9. The summed E-state index contributed by atoms with van der Waals surface area (Å²) in [6.45, 7) is 3.71. The molecule has 31 heavy (non-hydrogen) atoms. The van der Waals surface area contributed by atoms with Crippen molar-refractivity contribution in [2.45, 2.75) is 56.9 Å². The van der Waals surface area contributed by atoms with Gasteiger partial charge in [-0.1, -0.05) is 30.3 Å². The molecule has 2 aromatic rings. The zero-order valence-corrected chi connectivity index (χ0v) is 17.9. The molecule has 1 fully saturated rings. The van der Waals surface area contributed by atoms with Crippen LogP contribution in [-0.2, 0) is 24.3 Å². The lowest BCUT2D eigenvalue weighted by molar-refractivity contribution is -0.131. The smallest absolute Gasteiger partial charge is 0.268 e. The number of amides is 1. The zero-order valence-electron chi connectivity index (χ0n) is 17.9. The first-order valence-electron chi connectivity index (χ1n) is 11.4. The topological polar surface area (TPSA) is 73.8 Å². The maximum absolute atomic E-state index is 12.6. The van der Waals surface area contributed by atoms with Gasteiger partial charge in [0.1, 0.15) is 5.75 Å². The van der Waals surface area contributed by atoms with Gasteiger partial charge in [0.25, 0.3) is 5.91 Å². The molecule has 3 aliphatic rings. The van der Waals surface area contributed by atoms with Crippen LogP contribution in [0.1, 0.15) is 42.4 Å². The van der Waals surface area contributed by atoms with Gasteiger partial charge in [-0.25, -0.2) is 0 Å². The summed E-state index contributed by atoms with van der Waals surface area (Å²) in [5.74, 6) is 0.747. The molecule has 6 nitrogen and oxygen atoms in total. The quantitative estimate of drug-likeness (QED) is 0.669. The van der Waals surface area contributed by atoms with Crippen molar-refractivity contribution >= 4 is 11.6 Å². The van der Waals surface area contributed by atoms with Crippen LogP contribution in [0.15, 0.2) is 42.5 Å². The second-order valence-electron chi connectivity index (χ2n) is 9.13. The predicted molar refractivity (Wildman–Crippen MR) is 120 cm³/mol. The Morgan fingerprint density at radius 2 is 1.97 bits per heavy atom. The largest absolute Gasteiger partial charge is 0.475 e. The Labute approximate surface area is 183 Å². The highest BCUT2D eigenvalue weighted by atomic mass is 16.5. The van der Waals surface area contributed by atoms with Crippen LogP contribution < -0.4 is 15.4 Å². The zero-order chi connectivity index (χ0) is 21.3. The number of hydrogen-bond donors (Lipinski definition) is 3. The van der Waals surface area contributed by atoms with Gasteiger partial charge in [0, 0.05) is 32.7 Å². The Bertz CT molecular complexity index is 955. The summed E-state index contributed by atoms with van der Waals surface area (Å²) in [5.41, 5.74) is 3.94. The molecule has 164 valence electrons. The molecule has 3 N–H and O–H groups in total. The van der Waals surface area contributed by atoms with E-state index in [1.165, 1.54) is 11.1 Å². The SMILES string of the molecule is O=C1Nc2cc(CNC[C@H](O)CN3CCc4ccccc4C3)ccc2OC12CCCC2. The summed E-state index contributed by atoms with van der Waals surface area (Å²) in [5, 5.41) is 16.9. The average Bonchev–Trinajstić information content (AvgIpc) is 3.24. The molecule has 2 heterocycles. The van der Waals surface area contributed by atoms with E-state index in [1.807, 2.05) is 18.2 Å². The van der Waals surface area contributed by atoms with Gasteiger partial charge in [-0.15, -0.1) is 0 Å². The summed E-state index contributed by atoms with van der Waals surface area (Å²) >= 11 is 0. The Hall–Kier alpha value is -2.41. The molecule has 2 aromatic carbocycles. The molecular weight excluding hydrogens is 390 g/mol. The maximum Gasteiger partial charge on any atom is 0.268 e. The van der Waals surface area contributed by atoms with Crippen LogP contribution in [0.2, 0.25) is 0 Å². The van der Waals surface area contributed by atoms with E-state index >= 15 is 0 Å². The number of β-amino-alcohol motifs (C(OH)–C–C–N with tert-alkyl or cyclic N) is 1. The van der Waals surface area contributed by atoms with E-state index < -0.39 is 11.7 Å². The Balaban J connectivity index is 1.11. The number of benzene rings is 2. The highest BCUT2D eigenvalue weighted by Gasteiger charge is 2.46. The van der Waals surface area contributed by atoms with Gasteiger partial charge < -0.3 is 20.5 Å². The van der Waals surface area contributed by atoms with Gasteiger partial charge >= 0.3 is 0 Å². The van der Waals surface area contributed by atoms with Gasteiger partial charge in [0.2, 0.25) is 0 Å². The number of aliphatic hydroxyl groups excluding tert-OH is 1. The number of aliphatic hydroxyl groups is 1. The number of fused-ring (bicyclic) bond motifs is 2. The predicted octanol–water partition coefficient (Wildman–Crippen LogP) is 2.84. The van der Waals surface area contributed by atoms with Crippen LogP contribution in [0, 0.1) is 0 Å². The molecule has 6 heteroatoms. The first-order valence-corrected chi connectivity index (χ1v) is 11.4. The molecule has 2 aliphatic heterocycles. The number of carbonyl (C=O) groups is 1. The van der Waals surface area contributed by atoms with Crippen molar-refractivity contribution in [3.8, 4) is 5.75 Å². The monoisotopic (exact) mass is 421 g/mol. The highest BCUT2D eigenvalue weighted by molar-refractivity contribution is 6.01. The molecule has 0 saturated heterocycles. The lowest BCUT2D eigenvalue weighted by Gasteiger charge is -2.34. The molecule has 0 aromatic heterocycles. The van der Waals surface area contributed by atoms with E-state index in [1.54, 1.807) is 0 Å². The van der Waals surface area contributed by atoms with Crippen molar-refractivity contribution in [1.29, 1.82) is 0 Å². The number of rotatable bonds is 6. The van der Waals surface area contributed by atoms with Gasteiger partial charge in [-0.2, -0.15) is 0 Å². The second kappa shape index (κ2) is 8.61. The first-order chi connectivity index (χ1) is 15.1. The third kappa shape index (κ3) is 4.33. The molecule has 0 bridgehead atoms. The van der Waals surface area contributed by atoms with E-state index in [2.05, 4.69) is 39.8 Å². The Morgan fingerprint density at radius 1 is 1.16 bits per heavy atom. The van der Waals surface area contributed by atoms with Gasteiger partial charge in [0.05, 0.1) is 11.8 Å². The summed E-state index contributed by atoms with van der Waals surface area (Å²) in [7, 11) is 0. The molecule has 1 spiro atoms. The molecule has 0 radical (unpaired) electrons. The Kier molecular flexibility index (Phi) is 5.69. The van der Waals surface area contributed by atoms with E-state index in [4.69, 9.17) is 4.74 Å². The Morgan fingerprint density at radius 3 is 2.81 bits per heavy atom. The van der Waals surface area contributed by atoms with Crippen LogP contribution >= 0.6 is 0 Å². The molecule has 1 atom stereocenters. The molecule has 1 saturated carbocycles. The van der Waals surface area contributed by atoms with Crippen LogP contribution in [0.4, 0.5) is 5.69 Å². The van der Waals surface area contributed by atoms with Crippen molar-refractivity contribution in [3.63, 3.8) is 0 Å². The summed E-state index contributed by atoms with van der Waals surface area (Å²) in [6.07, 6.45) is 4.28. The van der Waals surface area contributed by atoms with E-state index in [0.29, 0.717) is 19.6 Å². The number of anilines is 1. The van der Waals surface area contributed by atoms with Crippen LogP contribution in [0.3, 0.4) is 0 Å². The second-order valence-corrected chi connectivity index (χ2v) is 9.13. The minimum Gasteiger partial charge on any atom is -0.475 e. The van der Waals surface area contributed by atoms with Crippen LogP contribution in [0.5, 0.6) is 5.75 Å². The van der Waals surface area contributed by atoms with Gasteiger partial charge in [-0.05, 0) is 60.9 Å². The van der Waals surface area contributed by atoms with E-state index in [0.717, 1.165) is 62.2 Å². The number of ether oxygens (including phenoxy) is 1. The molecule has 5 rings (SSSR count). The molecule has 1 aliphatic carbocycles. The third-order valence-electron chi connectivity index (χ3n) is 6.81. The fourth-order valence-corrected chi connectivity index (χ4v) is 5.10. The molecular formula is C25H31N3O3. The summed E-state index contributed by atoms with van der Waals surface area (Å²) < 4.78 is 6.12. The van der Waals surface area contributed by atoms with Crippen molar-refractivity contribution in [3.05, 3.63) is 59.2 Å². The lowest BCUT2D eigenvalue weighted by Crippen LogP contribution is -2.48. The fraction of sp³-hybridized carbons (Fsp3) is 0.480. The van der Waals surface area contributed by atoms with Crippen molar-refractivity contribution in [2.75, 3.05) is 25.0 Å². The number of nitrogens with one attached hydrogen (secondary N) is 2. The van der Waals surface area contributed by atoms with Gasteiger partial charge in [-0.3, -0.25) is 9.69 Å². The summed E-state index contributed by atoms with van der Waals surface area (Å²) in [6, 6.07) is 14.5. The number of carbonyl (C=O) groups excluding carboxylic acids is 1. The molecule has 0 unspecified atom stereocenters. The number of hydrogen-bond acceptors (Lipinski definition) is 5. The maximum atomic E-state index is 12.6. The minimum atomic E-state index is -0.661. The van der Waals surface area contributed by atoms with Gasteiger partial charge in [0.15, 0.2) is 5.60 Å². The minimum absolute atomic E-state index is 0.0128. The van der Waals surface area contributed by atoms with E-state index in [9.17, 15) is 9.90 Å². The third-order valence-corrected chi connectivity index (χ3v) is 6.81. The normalized spacial score (nSPS) is 20.6. The molecule has 1 amide bonds. The van der Waals surface area contributed by atoms with Crippen LogP contribution in [-0.4, -0.2) is 47.3 Å². The van der Waals surface area contributed by atoms with Crippen molar-refractivity contribution < 1.29 is 14.6 Å².